The molecule has 150 valence electrons. The lowest BCUT2D eigenvalue weighted by Gasteiger charge is -2.25. The predicted octanol–water partition coefficient (Wildman–Crippen LogP) is 5.15. The van der Waals surface area contributed by atoms with Crippen LogP contribution < -0.4 is 0 Å². The lowest BCUT2D eigenvalue weighted by molar-refractivity contribution is -0.141. The molecule has 2 aromatic carbocycles. The number of aromatic nitrogens is 2. The molecule has 4 nitrogen and oxygen atoms in total. The molecule has 0 radical (unpaired) electrons. The second kappa shape index (κ2) is 7.63. The third-order valence-electron chi connectivity index (χ3n) is 5.04. The van der Waals surface area contributed by atoms with Gasteiger partial charge in [-0.15, -0.1) is 0 Å². The SMILES string of the molecule is O=C(c1nc2ccccc2nc1C(F)(F)F)N1CCCC1Cc1cccc(Cl)c1. The van der Waals surface area contributed by atoms with Gasteiger partial charge in [-0.25, -0.2) is 9.97 Å². The molecule has 0 spiro atoms. The van der Waals surface area contributed by atoms with Crippen molar-refractivity contribution in [3.8, 4) is 0 Å². The van der Waals surface area contributed by atoms with Gasteiger partial charge in [-0.2, -0.15) is 13.2 Å². The molecule has 0 N–H and O–H groups in total. The van der Waals surface area contributed by atoms with E-state index in [0.717, 1.165) is 12.0 Å². The summed E-state index contributed by atoms with van der Waals surface area (Å²) < 4.78 is 40.9. The van der Waals surface area contributed by atoms with Crippen LogP contribution in [-0.2, 0) is 12.6 Å². The first-order chi connectivity index (χ1) is 13.8. The van der Waals surface area contributed by atoms with Crippen LogP contribution in [0, 0.1) is 0 Å². The largest absolute Gasteiger partial charge is 0.435 e. The van der Waals surface area contributed by atoms with Crippen LogP contribution in [0.4, 0.5) is 13.2 Å². The van der Waals surface area contributed by atoms with Crippen molar-refractivity contribution in [3.05, 3.63) is 70.5 Å². The number of fused-ring (bicyclic) bond motifs is 1. The summed E-state index contributed by atoms with van der Waals surface area (Å²) in [6.45, 7) is 0.385. The van der Waals surface area contributed by atoms with Crippen molar-refractivity contribution in [1.82, 2.24) is 14.9 Å². The number of halogens is 4. The molecule has 1 aliphatic heterocycles. The Labute approximate surface area is 170 Å². The third kappa shape index (κ3) is 4.05. The first-order valence-electron chi connectivity index (χ1n) is 9.22. The second-order valence-electron chi connectivity index (χ2n) is 7.04. The quantitative estimate of drug-likeness (QED) is 0.590. The Kier molecular flexibility index (Phi) is 5.17. The van der Waals surface area contributed by atoms with Gasteiger partial charge in [-0.1, -0.05) is 35.9 Å². The van der Waals surface area contributed by atoms with E-state index in [2.05, 4.69) is 9.97 Å². The van der Waals surface area contributed by atoms with Gasteiger partial charge in [0.15, 0.2) is 11.4 Å². The number of hydrogen-bond donors (Lipinski definition) is 0. The highest BCUT2D eigenvalue weighted by Crippen LogP contribution is 2.33. The fraction of sp³-hybridized carbons (Fsp3) is 0.286. The third-order valence-corrected chi connectivity index (χ3v) is 5.28. The fourth-order valence-corrected chi connectivity index (χ4v) is 3.95. The molecule has 0 bridgehead atoms. The molecule has 1 unspecified atom stereocenters. The Morgan fingerprint density at radius 2 is 1.83 bits per heavy atom. The molecule has 4 rings (SSSR count). The first kappa shape index (κ1) is 19.6. The monoisotopic (exact) mass is 419 g/mol. The van der Waals surface area contributed by atoms with Crippen LogP contribution >= 0.6 is 11.6 Å². The zero-order valence-electron chi connectivity index (χ0n) is 15.3. The van der Waals surface area contributed by atoms with Crippen LogP contribution in [-0.4, -0.2) is 33.4 Å². The van der Waals surface area contributed by atoms with E-state index in [-0.39, 0.29) is 17.1 Å². The van der Waals surface area contributed by atoms with Gasteiger partial charge in [-0.3, -0.25) is 4.79 Å². The molecular formula is C21H17ClF3N3O. The highest BCUT2D eigenvalue weighted by molar-refractivity contribution is 6.30. The predicted molar refractivity (Wildman–Crippen MR) is 104 cm³/mol. The van der Waals surface area contributed by atoms with Crippen molar-refractivity contribution in [3.63, 3.8) is 0 Å². The number of likely N-dealkylation sites (tertiary alicyclic amines) is 1. The average molecular weight is 420 g/mol. The van der Waals surface area contributed by atoms with Crippen LogP contribution in [0.15, 0.2) is 48.5 Å². The molecule has 3 aromatic rings. The van der Waals surface area contributed by atoms with E-state index in [1.807, 2.05) is 12.1 Å². The topological polar surface area (TPSA) is 46.1 Å². The Bertz CT molecular complexity index is 1070. The summed E-state index contributed by atoms with van der Waals surface area (Å²) >= 11 is 6.03. The summed E-state index contributed by atoms with van der Waals surface area (Å²) in [4.78, 5) is 22.4. The van der Waals surface area contributed by atoms with E-state index >= 15 is 0 Å². The number of benzene rings is 2. The maximum Gasteiger partial charge on any atom is 0.435 e. The smallest absolute Gasteiger partial charge is 0.334 e. The van der Waals surface area contributed by atoms with Crippen molar-refractivity contribution in [2.45, 2.75) is 31.5 Å². The van der Waals surface area contributed by atoms with Gasteiger partial charge in [0.25, 0.3) is 5.91 Å². The van der Waals surface area contributed by atoms with Crippen LogP contribution in [0.3, 0.4) is 0 Å². The van der Waals surface area contributed by atoms with Crippen molar-refractivity contribution >= 4 is 28.5 Å². The van der Waals surface area contributed by atoms with Crippen molar-refractivity contribution in [2.75, 3.05) is 6.54 Å². The number of rotatable bonds is 3. The molecule has 0 saturated carbocycles. The summed E-state index contributed by atoms with van der Waals surface area (Å²) in [5.41, 5.74) is -0.589. The van der Waals surface area contributed by atoms with Crippen LogP contribution in [0.1, 0.15) is 34.6 Å². The number of carbonyl (C=O) groups excluding carboxylic acids is 1. The van der Waals surface area contributed by atoms with Gasteiger partial charge in [0, 0.05) is 17.6 Å². The number of hydrogen-bond acceptors (Lipinski definition) is 3. The summed E-state index contributed by atoms with van der Waals surface area (Å²) in [7, 11) is 0. The van der Waals surface area contributed by atoms with E-state index < -0.39 is 23.5 Å². The Balaban J connectivity index is 1.70. The standard InChI is InChI=1S/C21H17ClF3N3O/c22-14-6-3-5-13(11-14)12-15-7-4-10-28(15)20(29)18-19(21(23,24)25)27-17-9-2-1-8-16(17)26-18/h1-3,5-6,8-9,11,15H,4,7,10,12H2. The minimum atomic E-state index is -4.77. The summed E-state index contributed by atoms with van der Waals surface area (Å²) in [5, 5.41) is 0.582. The summed E-state index contributed by atoms with van der Waals surface area (Å²) in [6.07, 6.45) is -2.82. The zero-order valence-corrected chi connectivity index (χ0v) is 16.0. The van der Waals surface area contributed by atoms with Crippen molar-refractivity contribution < 1.29 is 18.0 Å². The van der Waals surface area contributed by atoms with Gasteiger partial charge in [0.2, 0.25) is 0 Å². The first-order valence-corrected chi connectivity index (χ1v) is 9.60. The molecule has 29 heavy (non-hydrogen) atoms. The van der Waals surface area contributed by atoms with Gasteiger partial charge >= 0.3 is 6.18 Å². The molecule has 1 aliphatic rings. The Morgan fingerprint density at radius 3 is 2.52 bits per heavy atom. The van der Waals surface area contributed by atoms with Crippen molar-refractivity contribution in [1.29, 1.82) is 0 Å². The maximum absolute atomic E-state index is 13.6. The number of para-hydroxylation sites is 2. The lowest BCUT2D eigenvalue weighted by atomic mass is 10.0. The van der Waals surface area contributed by atoms with Crippen molar-refractivity contribution in [2.24, 2.45) is 0 Å². The van der Waals surface area contributed by atoms with Gasteiger partial charge in [0.05, 0.1) is 11.0 Å². The Morgan fingerprint density at radius 1 is 1.10 bits per heavy atom. The highest BCUT2D eigenvalue weighted by Gasteiger charge is 2.41. The van der Waals surface area contributed by atoms with E-state index in [9.17, 15) is 18.0 Å². The van der Waals surface area contributed by atoms with Gasteiger partial charge in [0.1, 0.15) is 0 Å². The maximum atomic E-state index is 13.6. The fourth-order valence-electron chi connectivity index (χ4n) is 3.73. The number of nitrogens with zero attached hydrogens (tertiary/aromatic N) is 3. The molecule has 1 aromatic heterocycles. The Hall–Kier alpha value is -2.67. The zero-order chi connectivity index (χ0) is 20.6. The molecule has 1 saturated heterocycles. The second-order valence-corrected chi connectivity index (χ2v) is 7.47. The summed E-state index contributed by atoms with van der Waals surface area (Å²) in [6, 6.07) is 13.3. The minimum Gasteiger partial charge on any atom is -0.334 e. The molecule has 2 heterocycles. The molecule has 0 aliphatic carbocycles. The van der Waals surface area contributed by atoms with E-state index in [1.165, 1.54) is 11.0 Å². The molecule has 1 fully saturated rings. The number of amides is 1. The number of alkyl halides is 3. The lowest BCUT2D eigenvalue weighted by Crippen LogP contribution is -2.38. The minimum absolute atomic E-state index is 0.105. The van der Waals surface area contributed by atoms with Gasteiger partial charge < -0.3 is 4.90 Å². The molecular weight excluding hydrogens is 403 g/mol. The van der Waals surface area contributed by atoms with E-state index in [0.29, 0.717) is 24.4 Å². The van der Waals surface area contributed by atoms with Crippen LogP contribution in [0.25, 0.3) is 11.0 Å². The number of carbonyl (C=O) groups is 1. The van der Waals surface area contributed by atoms with E-state index in [4.69, 9.17) is 11.6 Å². The van der Waals surface area contributed by atoms with E-state index in [1.54, 1.807) is 30.3 Å². The van der Waals surface area contributed by atoms with Crippen LogP contribution in [0.5, 0.6) is 0 Å². The van der Waals surface area contributed by atoms with Gasteiger partial charge in [-0.05, 0) is 49.1 Å². The molecule has 8 heteroatoms. The van der Waals surface area contributed by atoms with Crippen LogP contribution in [0.2, 0.25) is 5.02 Å². The highest BCUT2D eigenvalue weighted by atomic mass is 35.5. The molecule has 1 amide bonds. The normalized spacial score (nSPS) is 17.1. The molecule has 1 atom stereocenters. The average Bonchev–Trinajstić information content (AvgIpc) is 3.13. The summed E-state index contributed by atoms with van der Waals surface area (Å²) in [5.74, 6) is -0.736.